The van der Waals surface area contributed by atoms with E-state index in [1.807, 2.05) is 38.1 Å². The summed E-state index contributed by atoms with van der Waals surface area (Å²) < 4.78 is 11.3. The van der Waals surface area contributed by atoms with Crippen LogP contribution in [0.3, 0.4) is 0 Å². The van der Waals surface area contributed by atoms with Gasteiger partial charge in [0.15, 0.2) is 6.29 Å². The molecule has 0 radical (unpaired) electrons. The zero-order chi connectivity index (χ0) is 10.1. The van der Waals surface area contributed by atoms with Gasteiger partial charge in [0.2, 0.25) is 0 Å². The van der Waals surface area contributed by atoms with E-state index in [2.05, 4.69) is 0 Å². The molecule has 2 unspecified atom stereocenters. The van der Waals surface area contributed by atoms with E-state index in [0.29, 0.717) is 0 Å². The van der Waals surface area contributed by atoms with Crippen molar-refractivity contribution >= 4 is 11.6 Å². The van der Waals surface area contributed by atoms with Crippen LogP contribution in [0.2, 0.25) is 5.02 Å². The highest BCUT2D eigenvalue weighted by molar-refractivity contribution is 6.30. The Morgan fingerprint density at radius 3 is 2.00 bits per heavy atom. The first-order valence-corrected chi connectivity index (χ1v) is 5.11. The molecule has 0 aliphatic carbocycles. The molecule has 2 rings (SSSR count). The molecule has 0 saturated carbocycles. The van der Waals surface area contributed by atoms with Crippen molar-refractivity contribution in [3.8, 4) is 0 Å². The topological polar surface area (TPSA) is 18.5 Å². The fourth-order valence-corrected chi connectivity index (χ4v) is 1.55. The molecule has 0 spiro atoms. The average molecular weight is 213 g/mol. The molecule has 0 amide bonds. The molecule has 0 aromatic heterocycles. The molecule has 0 bridgehead atoms. The van der Waals surface area contributed by atoms with E-state index in [1.165, 1.54) is 0 Å². The van der Waals surface area contributed by atoms with Gasteiger partial charge in [-0.2, -0.15) is 0 Å². The SMILES string of the molecule is CC1OC(c2ccc(Cl)cc2)OC1C. The molecule has 1 aromatic rings. The van der Waals surface area contributed by atoms with Gasteiger partial charge in [0.1, 0.15) is 0 Å². The lowest BCUT2D eigenvalue weighted by atomic mass is 10.2. The van der Waals surface area contributed by atoms with Crippen LogP contribution in [0.5, 0.6) is 0 Å². The van der Waals surface area contributed by atoms with Crippen LogP contribution in [-0.4, -0.2) is 12.2 Å². The molecule has 1 aliphatic rings. The smallest absolute Gasteiger partial charge is 0.184 e. The van der Waals surface area contributed by atoms with Gasteiger partial charge >= 0.3 is 0 Å². The summed E-state index contributed by atoms with van der Waals surface area (Å²) in [4.78, 5) is 0. The maximum atomic E-state index is 5.79. The molecular weight excluding hydrogens is 200 g/mol. The molecule has 2 atom stereocenters. The van der Waals surface area contributed by atoms with Crippen LogP contribution >= 0.6 is 11.6 Å². The van der Waals surface area contributed by atoms with Crippen molar-refractivity contribution in [2.45, 2.75) is 32.3 Å². The molecular formula is C11H13ClO2. The number of halogens is 1. The van der Waals surface area contributed by atoms with Crippen molar-refractivity contribution in [2.75, 3.05) is 0 Å². The van der Waals surface area contributed by atoms with Gasteiger partial charge in [-0.25, -0.2) is 0 Å². The third kappa shape index (κ3) is 1.92. The van der Waals surface area contributed by atoms with Gasteiger partial charge in [-0.3, -0.25) is 0 Å². The first-order chi connectivity index (χ1) is 6.66. The maximum Gasteiger partial charge on any atom is 0.184 e. The fraction of sp³-hybridized carbons (Fsp3) is 0.455. The first-order valence-electron chi connectivity index (χ1n) is 4.73. The lowest BCUT2D eigenvalue weighted by molar-refractivity contribution is -0.0652. The molecule has 1 heterocycles. The van der Waals surface area contributed by atoms with Crippen molar-refractivity contribution in [1.82, 2.24) is 0 Å². The zero-order valence-corrected chi connectivity index (χ0v) is 8.99. The normalized spacial score (nSPS) is 32.1. The summed E-state index contributed by atoms with van der Waals surface area (Å²) in [5.41, 5.74) is 1.02. The first kappa shape index (κ1) is 9.97. The Balaban J connectivity index is 2.13. The standard InChI is InChI=1S/C11H13ClO2/c1-7-8(2)14-11(13-7)9-3-5-10(12)6-4-9/h3-8,11H,1-2H3. The Morgan fingerprint density at radius 1 is 1.00 bits per heavy atom. The van der Waals surface area contributed by atoms with E-state index in [4.69, 9.17) is 21.1 Å². The molecule has 2 nitrogen and oxygen atoms in total. The van der Waals surface area contributed by atoms with Crippen molar-refractivity contribution in [2.24, 2.45) is 0 Å². The minimum Gasteiger partial charge on any atom is -0.343 e. The molecule has 1 aromatic carbocycles. The summed E-state index contributed by atoms with van der Waals surface area (Å²) >= 11 is 5.79. The van der Waals surface area contributed by atoms with Gasteiger partial charge in [-0.15, -0.1) is 0 Å². The molecule has 76 valence electrons. The molecule has 0 N–H and O–H groups in total. The Kier molecular flexibility index (Phi) is 2.77. The van der Waals surface area contributed by atoms with E-state index in [9.17, 15) is 0 Å². The highest BCUT2D eigenvalue weighted by Crippen LogP contribution is 2.31. The molecule has 3 heteroatoms. The summed E-state index contributed by atoms with van der Waals surface area (Å²) in [7, 11) is 0. The third-order valence-corrected chi connectivity index (χ3v) is 2.73. The predicted octanol–water partition coefficient (Wildman–Crippen LogP) is 3.16. The van der Waals surface area contributed by atoms with Gasteiger partial charge in [0, 0.05) is 10.6 Å². The van der Waals surface area contributed by atoms with E-state index < -0.39 is 0 Å². The third-order valence-electron chi connectivity index (χ3n) is 2.48. The lowest BCUT2D eigenvalue weighted by Crippen LogP contribution is -2.13. The van der Waals surface area contributed by atoms with Crippen LogP contribution in [0.25, 0.3) is 0 Å². The number of hydrogen-bond acceptors (Lipinski definition) is 2. The van der Waals surface area contributed by atoms with Crippen molar-refractivity contribution in [3.05, 3.63) is 34.9 Å². The average Bonchev–Trinajstić information content (AvgIpc) is 2.48. The van der Waals surface area contributed by atoms with E-state index >= 15 is 0 Å². The number of rotatable bonds is 1. The van der Waals surface area contributed by atoms with Gasteiger partial charge in [0.05, 0.1) is 12.2 Å². The van der Waals surface area contributed by atoms with Gasteiger partial charge in [-0.05, 0) is 26.0 Å². The number of benzene rings is 1. The van der Waals surface area contributed by atoms with Gasteiger partial charge in [-0.1, -0.05) is 23.7 Å². The van der Waals surface area contributed by atoms with Crippen molar-refractivity contribution in [3.63, 3.8) is 0 Å². The highest BCUT2D eigenvalue weighted by Gasteiger charge is 2.30. The van der Waals surface area contributed by atoms with E-state index in [0.717, 1.165) is 10.6 Å². The summed E-state index contributed by atoms with van der Waals surface area (Å²) in [6, 6.07) is 7.55. The summed E-state index contributed by atoms with van der Waals surface area (Å²) in [5, 5.41) is 0.729. The van der Waals surface area contributed by atoms with Crippen LogP contribution in [0.4, 0.5) is 0 Å². The second-order valence-corrected chi connectivity index (χ2v) is 4.00. The fourth-order valence-electron chi connectivity index (χ4n) is 1.42. The second kappa shape index (κ2) is 3.89. The molecule has 1 saturated heterocycles. The van der Waals surface area contributed by atoms with Crippen LogP contribution in [0, 0.1) is 0 Å². The largest absolute Gasteiger partial charge is 0.343 e. The zero-order valence-electron chi connectivity index (χ0n) is 8.24. The predicted molar refractivity (Wildman–Crippen MR) is 55.3 cm³/mol. The van der Waals surface area contributed by atoms with E-state index in [1.54, 1.807) is 0 Å². The Morgan fingerprint density at radius 2 is 1.50 bits per heavy atom. The van der Waals surface area contributed by atoms with Gasteiger partial charge < -0.3 is 9.47 Å². The van der Waals surface area contributed by atoms with Crippen LogP contribution in [0.1, 0.15) is 25.7 Å². The minimum absolute atomic E-state index is 0.149. The van der Waals surface area contributed by atoms with Crippen molar-refractivity contribution in [1.29, 1.82) is 0 Å². The summed E-state index contributed by atoms with van der Waals surface area (Å²) in [5.74, 6) is 0. The van der Waals surface area contributed by atoms with E-state index in [-0.39, 0.29) is 18.5 Å². The maximum absolute atomic E-state index is 5.79. The molecule has 1 aliphatic heterocycles. The quantitative estimate of drug-likeness (QED) is 0.712. The van der Waals surface area contributed by atoms with Crippen molar-refractivity contribution < 1.29 is 9.47 Å². The summed E-state index contributed by atoms with van der Waals surface area (Å²) in [6.07, 6.45) is 0.0589. The number of ether oxygens (including phenoxy) is 2. The highest BCUT2D eigenvalue weighted by atomic mass is 35.5. The Hall–Kier alpha value is -0.570. The lowest BCUT2D eigenvalue weighted by Gasteiger charge is -2.09. The van der Waals surface area contributed by atoms with Crippen LogP contribution < -0.4 is 0 Å². The van der Waals surface area contributed by atoms with Gasteiger partial charge in [0.25, 0.3) is 0 Å². The Labute approximate surface area is 88.8 Å². The van der Waals surface area contributed by atoms with Crippen LogP contribution in [0.15, 0.2) is 24.3 Å². The van der Waals surface area contributed by atoms with Crippen LogP contribution in [-0.2, 0) is 9.47 Å². The minimum atomic E-state index is -0.239. The summed E-state index contributed by atoms with van der Waals surface area (Å²) in [6.45, 7) is 4.03. The second-order valence-electron chi connectivity index (χ2n) is 3.57. The monoisotopic (exact) mass is 212 g/mol. The Bertz CT molecular complexity index is 300. The molecule has 1 fully saturated rings. The molecule has 14 heavy (non-hydrogen) atoms. The number of hydrogen-bond donors (Lipinski definition) is 0.